The van der Waals surface area contributed by atoms with E-state index in [0.717, 1.165) is 42.1 Å². The number of piperazine rings is 1. The Balaban J connectivity index is 1.22. The van der Waals surface area contributed by atoms with E-state index in [4.69, 9.17) is 4.42 Å². The van der Waals surface area contributed by atoms with Gasteiger partial charge in [-0.15, -0.1) is 0 Å². The Morgan fingerprint density at radius 1 is 0.968 bits per heavy atom. The van der Waals surface area contributed by atoms with Crippen molar-refractivity contribution in [3.63, 3.8) is 0 Å². The number of oxazole rings is 1. The second-order valence-corrected chi connectivity index (χ2v) is 7.81. The SMILES string of the molecule is CC(=O)c1ccc(N2CCN(C(=O)CCCc3ncc(-c4ccccc4)o3)CC2)cc1. The lowest BCUT2D eigenvalue weighted by molar-refractivity contribution is -0.131. The van der Waals surface area contributed by atoms with Gasteiger partial charge in [0, 0.05) is 55.8 Å². The molecule has 6 heteroatoms. The molecule has 0 atom stereocenters. The molecule has 4 rings (SSSR count). The quantitative estimate of drug-likeness (QED) is 0.539. The van der Waals surface area contributed by atoms with Gasteiger partial charge in [-0.1, -0.05) is 30.3 Å². The molecule has 0 radical (unpaired) electrons. The molecule has 1 fully saturated rings. The fourth-order valence-electron chi connectivity index (χ4n) is 3.83. The van der Waals surface area contributed by atoms with Crippen LogP contribution in [0.5, 0.6) is 0 Å². The molecule has 1 aliphatic rings. The van der Waals surface area contributed by atoms with Crippen LogP contribution in [-0.2, 0) is 11.2 Å². The maximum absolute atomic E-state index is 12.6. The predicted molar refractivity (Wildman–Crippen MR) is 120 cm³/mol. The van der Waals surface area contributed by atoms with Crippen LogP contribution in [0, 0.1) is 0 Å². The van der Waals surface area contributed by atoms with E-state index in [9.17, 15) is 9.59 Å². The van der Waals surface area contributed by atoms with Gasteiger partial charge >= 0.3 is 0 Å². The number of amides is 1. The van der Waals surface area contributed by atoms with Crippen LogP contribution >= 0.6 is 0 Å². The Morgan fingerprint density at radius 2 is 1.68 bits per heavy atom. The molecule has 1 aromatic heterocycles. The van der Waals surface area contributed by atoms with Crippen molar-refractivity contribution in [1.82, 2.24) is 9.88 Å². The molecule has 3 aromatic rings. The number of nitrogens with zero attached hydrogens (tertiary/aromatic N) is 3. The molecule has 2 heterocycles. The first-order chi connectivity index (χ1) is 15.1. The molecule has 31 heavy (non-hydrogen) atoms. The number of benzene rings is 2. The first-order valence-electron chi connectivity index (χ1n) is 10.7. The van der Waals surface area contributed by atoms with Gasteiger partial charge in [0.1, 0.15) is 0 Å². The normalized spacial score (nSPS) is 14.0. The minimum atomic E-state index is 0.0722. The number of hydrogen-bond acceptors (Lipinski definition) is 5. The molecule has 0 unspecified atom stereocenters. The largest absolute Gasteiger partial charge is 0.441 e. The number of rotatable bonds is 7. The molecule has 0 N–H and O–H groups in total. The third-order valence-corrected chi connectivity index (χ3v) is 5.66. The number of carbonyl (C=O) groups is 2. The number of aromatic nitrogens is 1. The van der Waals surface area contributed by atoms with E-state index in [2.05, 4.69) is 9.88 Å². The molecule has 0 saturated carbocycles. The third-order valence-electron chi connectivity index (χ3n) is 5.66. The Kier molecular flexibility index (Phi) is 6.46. The summed E-state index contributed by atoms with van der Waals surface area (Å²) in [5.41, 5.74) is 2.82. The van der Waals surface area contributed by atoms with Crippen LogP contribution < -0.4 is 4.90 Å². The van der Waals surface area contributed by atoms with E-state index in [1.165, 1.54) is 0 Å². The van der Waals surface area contributed by atoms with Crippen molar-refractivity contribution in [2.24, 2.45) is 0 Å². The lowest BCUT2D eigenvalue weighted by Crippen LogP contribution is -2.48. The van der Waals surface area contributed by atoms with Crippen molar-refractivity contribution in [2.75, 3.05) is 31.1 Å². The third kappa shape index (κ3) is 5.20. The van der Waals surface area contributed by atoms with Crippen molar-refractivity contribution >= 4 is 17.4 Å². The number of Topliss-reactive ketones (excluding diaryl/α,β-unsaturated/α-hetero) is 1. The maximum atomic E-state index is 12.6. The molecule has 1 saturated heterocycles. The van der Waals surface area contributed by atoms with Gasteiger partial charge in [-0.05, 0) is 37.6 Å². The van der Waals surface area contributed by atoms with Crippen LogP contribution in [0.2, 0.25) is 0 Å². The Labute approximate surface area is 182 Å². The van der Waals surface area contributed by atoms with Crippen LogP contribution in [0.4, 0.5) is 5.69 Å². The van der Waals surface area contributed by atoms with E-state index < -0.39 is 0 Å². The van der Waals surface area contributed by atoms with Gasteiger partial charge in [-0.25, -0.2) is 4.98 Å². The maximum Gasteiger partial charge on any atom is 0.222 e. The summed E-state index contributed by atoms with van der Waals surface area (Å²) in [6.45, 7) is 4.59. The topological polar surface area (TPSA) is 66.7 Å². The minimum Gasteiger partial charge on any atom is -0.441 e. The molecule has 1 amide bonds. The van der Waals surface area contributed by atoms with E-state index in [-0.39, 0.29) is 11.7 Å². The van der Waals surface area contributed by atoms with Crippen molar-refractivity contribution in [3.8, 4) is 11.3 Å². The summed E-state index contributed by atoms with van der Waals surface area (Å²) in [6, 6.07) is 17.6. The lowest BCUT2D eigenvalue weighted by Gasteiger charge is -2.36. The number of ketones is 1. The van der Waals surface area contributed by atoms with Gasteiger partial charge in [-0.3, -0.25) is 9.59 Å². The van der Waals surface area contributed by atoms with Crippen molar-refractivity contribution in [1.29, 1.82) is 0 Å². The first-order valence-corrected chi connectivity index (χ1v) is 10.7. The summed E-state index contributed by atoms with van der Waals surface area (Å²) in [6.07, 6.45) is 3.62. The van der Waals surface area contributed by atoms with Crippen LogP contribution in [0.15, 0.2) is 65.2 Å². The zero-order valence-electron chi connectivity index (χ0n) is 17.8. The second-order valence-electron chi connectivity index (χ2n) is 7.81. The summed E-state index contributed by atoms with van der Waals surface area (Å²) < 4.78 is 5.82. The monoisotopic (exact) mass is 417 g/mol. The number of hydrogen-bond donors (Lipinski definition) is 0. The smallest absolute Gasteiger partial charge is 0.222 e. The fourth-order valence-corrected chi connectivity index (χ4v) is 3.83. The summed E-state index contributed by atoms with van der Waals surface area (Å²) in [5, 5.41) is 0. The van der Waals surface area contributed by atoms with Crippen LogP contribution in [0.3, 0.4) is 0 Å². The van der Waals surface area contributed by atoms with Crippen molar-refractivity contribution in [3.05, 3.63) is 72.2 Å². The van der Waals surface area contributed by atoms with Gasteiger partial charge in [0.25, 0.3) is 0 Å². The fraction of sp³-hybridized carbons (Fsp3) is 0.320. The average Bonchev–Trinajstić information content (AvgIpc) is 3.29. The van der Waals surface area contributed by atoms with Crippen LogP contribution in [0.1, 0.15) is 36.0 Å². The molecule has 160 valence electrons. The zero-order valence-corrected chi connectivity index (χ0v) is 17.8. The van der Waals surface area contributed by atoms with E-state index in [0.29, 0.717) is 31.8 Å². The molecular formula is C25H27N3O3. The predicted octanol–water partition coefficient (Wildman–Crippen LogP) is 4.22. The van der Waals surface area contributed by atoms with E-state index in [1.54, 1.807) is 13.1 Å². The first kappa shape index (κ1) is 20.8. The Hall–Kier alpha value is -3.41. The van der Waals surface area contributed by atoms with Gasteiger partial charge in [0.2, 0.25) is 5.91 Å². The minimum absolute atomic E-state index is 0.0722. The number of anilines is 1. The van der Waals surface area contributed by atoms with Crippen LogP contribution in [0.25, 0.3) is 11.3 Å². The van der Waals surface area contributed by atoms with Gasteiger partial charge in [0.05, 0.1) is 6.20 Å². The van der Waals surface area contributed by atoms with Crippen molar-refractivity contribution < 1.29 is 14.0 Å². The van der Waals surface area contributed by atoms with Crippen LogP contribution in [-0.4, -0.2) is 47.8 Å². The highest BCUT2D eigenvalue weighted by molar-refractivity contribution is 5.94. The molecule has 1 aliphatic heterocycles. The van der Waals surface area contributed by atoms with Gasteiger partial charge in [0.15, 0.2) is 17.4 Å². The average molecular weight is 418 g/mol. The van der Waals surface area contributed by atoms with E-state index in [1.807, 2.05) is 59.5 Å². The standard InChI is InChI=1S/C25H27N3O3/c1-19(29)20-10-12-22(13-11-20)27-14-16-28(17-15-27)25(30)9-5-8-24-26-18-23(31-24)21-6-3-2-4-7-21/h2-4,6-7,10-13,18H,5,8-9,14-17H2,1H3. The molecule has 0 spiro atoms. The summed E-state index contributed by atoms with van der Waals surface area (Å²) in [5.74, 6) is 1.68. The number of carbonyl (C=O) groups excluding carboxylic acids is 2. The summed E-state index contributed by atoms with van der Waals surface area (Å²) in [7, 11) is 0. The summed E-state index contributed by atoms with van der Waals surface area (Å²) in [4.78, 5) is 32.6. The zero-order chi connectivity index (χ0) is 21.6. The highest BCUT2D eigenvalue weighted by Crippen LogP contribution is 2.21. The molecule has 0 aliphatic carbocycles. The summed E-state index contributed by atoms with van der Waals surface area (Å²) >= 11 is 0. The Morgan fingerprint density at radius 3 is 2.35 bits per heavy atom. The van der Waals surface area contributed by atoms with E-state index >= 15 is 0 Å². The molecule has 6 nitrogen and oxygen atoms in total. The highest BCUT2D eigenvalue weighted by atomic mass is 16.4. The van der Waals surface area contributed by atoms with Gasteiger partial charge < -0.3 is 14.2 Å². The van der Waals surface area contributed by atoms with Crippen molar-refractivity contribution in [2.45, 2.75) is 26.2 Å². The molecule has 2 aromatic carbocycles. The molecular weight excluding hydrogens is 390 g/mol. The highest BCUT2D eigenvalue weighted by Gasteiger charge is 2.21. The lowest BCUT2D eigenvalue weighted by atomic mass is 10.1. The Bertz CT molecular complexity index is 1020. The van der Waals surface area contributed by atoms with Gasteiger partial charge in [-0.2, -0.15) is 0 Å². The molecule has 0 bridgehead atoms. The second kappa shape index (κ2) is 9.60. The number of aryl methyl sites for hydroxylation is 1.